The van der Waals surface area contributed by atoms with Crippen LogP contribution in [0.2, 0.25) is 0 Å². The van der Waals surface area contributed by atoms with Gasteiger partial charge in [-0.25, -0.2) is 4.39 Å². The van der Waals surface area contributed by atoms with Gasteiger partial charge in [-0.2, -0.15) is 0 Å². The van der Waals surface area contributed by atoms with Gasteiger partial charge in [0.25, 0.3) is 0 Å². The topological polar surface area (TPSA) is 30.9 Å². The van der Waals surface area contributed by atoms with Gasteiger partial charge in [-0.05, 0) is 74.6 Å². The fraction of sp³-hybridized carbons (Fsp3) is 0.613. The summed E-state index contributed by atoms with van der Waals surface area (Å²) in [5.41, 5.74) is 3.23. The van der Waals surface area contributed by atoms with Gasteiger partial charge in [0.15, 0.2) is 11.6 Å². The molecule has 2 aromatic rings. The zero-order chi connectivity index (χ0) is 24.1. The van der Waals surface area contributed by atoms with Crippen molar-refractivity contribution in [3.8, 4) is 5.75 Å². The first-order valence-corrected chi connectivity index (χ1v) is 14.0. The Morgan fingerprint density at radius 1 is 1.08 bits per heavy atom. The first-order valence-electron chi connectivity index (χ1n) is 14.0. The lowest BCUT2D eigenvalue weighted by Gasteiger charge is -2.74. The molecule has 4 nitrogen and oxygen atoms in total. The van der Waals surface area contributed by atoms with E-state index in [0.717, 1.165) is 44.6 Å². The lowest BCUT2D eigenvalue weighted by molar-refractivity contribution is -0.283. The number of hydrogen-bond acceptors (Lipinski definition) is 4. The number of nitrogens with zero attached hydrogens (tertiary/aromatic N) is 1. The fourth-order valence-corrected chi connectivity index (χ4v) is 9.62. The molecule has 2 heterocycles. The van der Waals surface area contributed by atoms with E-state index in [1.165, 1.54) is 36.1 Å². The molecule has 190 valence electrons. The molecule has 4 bridgehead atoms. The minimum absolute atomic E-state index is 0.0951. The maximum Gasteiger partial charge on any atom is 0.165 e. The Morgan fingerprint density at radius 2 is 1.94 bits per heavy atom. The van der Waals surface area contributed by atoms with Crippen molar-refractivity contribution in [2.45, 2.75) is 74.7 Å². The molecule has 4 saturated carbocycles. The van der Waals surface area contributed by atoms with Crippen LogP contribution in [0.1, 0.15) is 55.2 Å². The van der Waals surface area contributed by atoms with Gasteiger partial charge >= 0.3 is 0 Å². The Balaban J connectivity index is 1.22. The number of piperidine rings is 1. The second kappa shape index (κ2) is 7.55. The molecule has 2 aliphatic heterocycles. The standard InChI is InChI=1S/C31H36FNO3/c1-34-31-12-11-29(16-23(31)19-35-18-21-5-3-2-4-6-21)25-15-22-9-10-24(32)27-26(22)30(29,28(31)36-27)13-14-33(25)17-20-7-8-20/h2-6,9-10,20,23,25,28H,7-8,11-19H2,1H3/t23-,25-,28-,29?,30?,31?/m1/s1. The summed E-state index contributed by atoms with van der Waals surface area (Å²) in [4.78, 5) is 2.83. The highest BCUT2D eigenvalue weighted by Gasteiger charge is 2.80. The molecule has 0 radical (unpaired) electrons. The third-order valence-corrected chi connectivity index (χ3v) is 11.2. The van der Waals surface area contributed by atoms with Crippen molar-refractivity contribution >= 4 is 0 Å². The van der Waals surface area contributed by atoms with Crippen molar-refractivity contribution < 1.29 is 18.6 Å². The maximum absolute atomic E-state index is 15.3. The average molecular weight is 490 g/mol. The number of likely N-dealkylation sites (tertiary alicyclic amines) is 1. The van der Waals surface area contributed by atoms with Crippen LogP contribution >= 0.6 is 0 Å². The van der Waals surface area contributed by atoms with Crippen molar-refractivity contribution in [3.05, 3.63) is 65.0 Å². The summed E-state index contributed by atoms with van der Waals surface area (Å²) < 4.78 is 35.0. The van der Waals surface area contributed by atoms with E-state index in [9.17, 15) is 0 Å². The molecule has 2 aromatic carbocycles. The molecular formula is C31H36FNO3. The number of methoxy groups -OCH3 is 1. The van der Waals surface area contributed by atoms with Crippen LogP contribution in [0, 0.1) is 23.1 Å². The van der Waals surface area contributed by atoms with E-state index >= 15 is 4.39 Å². The van der Waals surface area contributed by atoms with E-state index < -0.39 is 5.60 Å². The molecule has 0 amide bonds. The Morgan fingerprint density at radius 3 is 2.75 bits per heavy atom. The normalized spacial score (nSPS) is 39.7. The lowest BCUT2D eigenvalue weighted by atomic mass is 9.35. The molecule has 36 heavy (non-hydrogen) atoms. The highest BCUT2D eigenvalue weighted by molar-refractivity contribution is 5.59. The molecule has 1 saturated heterocycles. The Hall–Kier alpha value is -1.95. The Bertz CT molecular complexity index is 1200. The number of hydrogen-bond donors (Lipinski definition) is 0. The molecule has 9 rings (SSSR count). The van der Waals surface area contributed by atoms with E-state index in [1.807, 2.05) is 13.2 Å². The first-order chi connectivity index (χ1) is 17.6. The largest absolute Gasteiger partial charge is 0.483 e. The SMILES string of the molecule is COC12CCC3(C[C@@H]1COCc1ccccc1)[C@H]1Cc4ccc(F)c5c4C3(CCN1CC1CC1)[C@H]2O5. The molecule has 2 spiro atoms. The Kier molecular flexibility index (Phi) is 4.63. The second-order valence-electron chi connectivity index (χ2n) is 12.5. The lowest BCUT2D eigenvalue weighted by Crippen LogP contribution is -2.81. The monoisotopic (exact) mass is 489 g/mol. The van der Waals surface area contributed by atoms with Crippen molar-refractivity contribution in [1.29, 1.82) is 0 Å². The van der Waals surface area contributed by atoms with Crippen molar-refractivity contribution in [3.63, 3.8) is 0 Å². The zero-order valence-electron chi connectivity index (χ0n) is 21.2. The first kappa shape index (κ1) is 22.1. The van der Waals surface area contributed by atoms with Crippen LogP contribution < -0.4 is 4.74 Å². The second-order valence-corrected chi connectivity index (χ2v) is 12.5. The summed E-state index contributed by atoms with van der Waals surface area (Å²) in [5.74, 6) is 1.44. The van der Waals surface area contributed by atoms with Crippen LogP contribution in [0.25, 0.3) is 0 Å². The average Bonchev–Trinajstić information content (AvgIpc) is 3.64. The minimum atomic E-state index is -0.443. The quantitative estimate of drug-likeness (QED) is 0.531. The molecule has 6 atom stereocenters. The summed E-state index contributed by atoms with van der Waals surface area (Å²) in [7, 11) is 1.85. The predicted octanol–water partition coefficient (Wildman–Crippen LogP) is 5.27. The third-order valence-electron chi connectivity index (χ3n) is 11.2. The van der Waals surface area contributed by atoms with Crippen molar-refractivity contribution in [2.75, 3.05) is 26.8 Å². The van der Waals surface area contributed by atoms with E-state index in [2.05, 4.69) is 35.2 Å². The van der Waals surface area contributed by atoms with Crippen LogP contribution in [-0.2, 0) is 27.9 Å². The predicted molar refractivity (Wildman–Crippen MR) is 135 cm³/mol. The summed E-state index contributed by atoms with van der Waals surface area (Å²) >= 11 is 0. The van der Waals surface area contributed by atoms with E-state index in [1.54, 1.807) is 6.07 Å². The van der Waals surface area contributed by atoms with Crippen molar-refractivity contribution in [1.82, 2.24) is 4.90 Å². The van der Waals surface area contributed by atoms with Gasteiger partial charge in [0.1, 0.15) is 11.7 Å². The molecule has 5 heteroatoms. The molecular weight excluding hydrogens is 453 g/mol. The van der Waals surface area contributed by atoms with Crippen LogP contribution in [0.3, 0.4) is 0 Å². The summed E-state index contributed by atoms with van der Waals surface area (Å²) in [5, 5.41) is 0. The van der Waals surface area contributed by atoms with Crippen LogP contribution in [-0.4, -0.2) is 49.5 Å². The van der Waals surface area contributed by atoms with Crippen molar-refractivity contribution in [2.24, 2.45) is 17.3 Å². The number of fused-ring (bicyclic) bond motifs is 2. The number of halogens is 1. The highest BCUT2D eigenvalue weighted by Crippen LogP contribution is 2.76. The molecule has 5 fully saturated rings. The van der Waals surface area contributed by atoms with E-state index in [-0.39, 0.29) is 28.7 Å². The zero-order valence-corrected chi connectivity index (χ0v) is 21.2. The molecule has 5 aliphatic carbocycles. The van der Waals surface area contributed by atoms with Gasteiger partial charge in [0, 0.05) is 42.0 Å². The van der Waals surface area contributed by atoms with E-state index in [4.69, 9.17) is 14.2 Å². The third kappa shape index (κ3) is 2.65. The van der Waals surface area contributed by atoms with Gasteiger partial charge < -0.3 is 14.2 Å². The maximum atomic E-state index is 15.3. The number of benzene rings is 2. The highest BCUT2D eigenvalue weighted by atomic mass is 19.1. The summed E-state index contributed by atoms with van der Waals surface area (Å²) in [6.45, 7) is 3.58. The summed E-state index contributed by atoms with van der Waals surface area (Å²) in [6.07, 6.45) is 7.86. The smallest absolute Gasteiger partial charge is 0.165 e. The minimum Gasteiger partial charge on any atom is -0.483 e. The molecule has 0 N–H and O–H groups in total. The number of ether oxygens (including phenoxy) is 3. The molecule has 0 aromatic heterocycles. The van der Waals surface area contributed by atoms with Gasteiger partial charge in [-0.1, -0.05) is 36.4 Å². The van der Waals surface area contributed by atoms with Crippen LogP contribution in [0.5, 0.6) is 5.75 Å². The van der Waals surface area contributed by atoms with Crippen LogP contribution in [0.15, 0.2) is 42.5 Å². The molecule has 3 unspecified atom stereocenters. The van der Waals surface area contributed by atoms with Crippen LogP contribution in [0.4, 0.5) is 4.39 Å². The fourth-order valence-electron chi connectivity index (χ4n) is 9.62. The van der Waals surface area contributed by atoms with E-state index in [0.29, 0.717) is 25.0 Å². The molecule has 7 aliphatic rings. The van der Waals surface area contributed by atoms with Gasteiger partial charge in [0.2, 0.25) is 0 Å². The summed E-state index contributed by atoms with van der Waals surface area (Å²) in [6, 6.07) is 14.6. The van der Waals surface area contributed by atoms with Gasteiger partial charge in [0.05, 0.1) is 13.2 Å². The Labute approximate surface area is 213 Å². The van der Waals surface area contributed by atoms with Gasteiger partial charge in [-0.3, -0.25) is 4.90 Å². The van der Waals surface area contributed by atoms with Gasteiger partial charge in [-0.15, -0.1) is 0 Å². The number of rotatable bonds is 7.